The van der Waals surface area contributed by atoms with Gasteiger partial charge in [0.2, 0.25) is 11.8 Å². The van der Waals surface area contributed by atoms with Crippen LogP contribution in [0.25, 0.3) is 0 Å². The van der Waals surface area contributed by atoms with Gasteiger partial charge >= 0.3 is 0 Å². The Hall–Kier alpha value is -1.10. The molecule has 0 saturated carbocycles. The van der Waals surface area contributed by atoms with Crippen LogP contribution in [-0.2, 0) is 9.59 Å². The minimum atomic E-state index is 0.0450. The zero-order valence-corrected chi connectivity index (χ0v) is 13.1. The molecule has 2 N–H and O–H groups in total. The first-order valence-electron chi connectivity index (χ1n) is 7.86. The van der Waals surface area contributed by atoms with Crippen molar-refractivity contribution in [1.82, 2.24) is 15.5 Å². The van der Waals surface area contributed by atoms with Crippen molar-refractivity contribution in [2.45, 2.75) is 52.5 Å². The van der Waals surface area contributed by atoms with Crippen LogP contribution in [0.5, 0.6) is 0 Å². The summed E-state index contributed by atoms with van der Waals surface area (Å²) in [7, 11) is 0. The van der Waals surface area contributed by atoms with E-state index in [2.05, 4.69) is 17.6 Å². The lowest BCUT2D eigenvalue weighted by atomic mass is 9.90. The lowest BCUT2D eigenvalue weighted by molar-refractivity contribution is -0.130. The lowest BCUT2D eigenvalue weighted by Gasteiger charge is -2.29. The van der Waals surface area contributed by atoms with Gasteiger partial charge in [-0.25, -0.2) is 0 Å². The highest BCUT2D eigenvalue weighted by Gasteiger charge is 2.23. The predicted molar refractivity (Wildman–Crippen MR) is 80.4 cm³/mol. The molecule has 20 heavy (non-hydrogen) atoms. The Labute approximate surface area is 122 Å². The first-order chi connectivity index (χ1) is 9.58. The molecule has 0 aromatic carbocycles. The molecule has 0 aromatic rings. The molecule has 1 fully saturated rings. The van der Waals surface area contributed by atoms with E-state index in [0.717, 1.165) is 19.6 Å². The van der Waals surface area contributed by atoms with Crippen LogP contribution in [0.1, 0.15) is 46.5 Å². The SMILES string of the molecule is CCN(CC)C(=O)CCNC(=O)CC1NCCCC1C. The average Bonchev–Trinajstić information content (AvgIpc) is 2.43. The third-order valence-electron chi connectivity index (χ3n) is 4.11. The fraction of sp³-hybridized carbons (Fsp3) is 0.867. The Kier molecular flexibility index (Phi) is 7.59. The number of nitrogens with one attached hydrogen (secondary N) is 2. The standard InChI is InChI=1S/C15H29N3O2/c1-4-18(5-2)15(20)8-10-17-14(19)11-13-12(3)7-6-9-16-13/h12-13,16H,4-11H2,1-3H3,(H,17,19). The van der Waals surface area contributed by atoms with Crippen molar-refractivity contribution in [3.63, 3.8) is 0 Å². The monoisotopic (exact) mass is 283 g/mol. The van der Waals surface area contributed by atoms with E-state index in [-0.39, 0.29) is 17.9 Å². The molecule has 2 unspecified atom stereocenters. The molecule has 1 saturated heterocycles. The van der Waals surface area contributed by atoms with Gasteiger partial charge < -0.3 is 15.5 Å². The van der Waals surface area contributed by atoms with Crippen LogP contribution in [0.15, 0.2) is 0 Å². The van der Waals surface area contributed by atoms with Crippen molar-refractivity contribution in [2.24, 2.45) is 5.92 Å². The summed E-state index contributed by atoms with van der Waals surface area (Å²) in [5, 5.41) is 6.26. The summed E-state index contributed by atoms with van der Waals surface area (Å²) in [6, 6.07) is 0.280. The van der Waals surface area contributed by atoms with Crippen molar-refractivity contribution in [3.8, 4) is 0 Å². The fourth-order valence-electron chi connectivity index (χ4n) is 2.70. The Morgan fingerprint density at radius 2 is 2.00 bits per heavy atom. The molecule has 2 atom stereocenters. The maximum atomic E-state index is 11.9. The topological polar surface area (TPSA) is 61.4 Å². The Balaban J connectivity index is 2.21. The maximum Gasteiger partial charge on any atom is 0.224 e. The van der Waals surface area contributed by atoms with Crippen LogP contribution in [-0.4, -0.2) is 48.9 Å². The van der Waals surface area contributed by atoms with Gasteiger partial charge in [0.05, 0.1) is 0 Å². The number of rotatable bonds is 7. The second-order valence-corrected chi connectivity index (χ2v) is 5.55. The number of hydrogen-bond acceptors (Lipinski definition) is 3. The van der Waals surface area contributed by atoms with Gasteiger partial charge in [0.1, 0.15) is 0 Å². The minimum Gasteiger partial charge on any atom is -0.356 e. The number of carbonyl (C=O) groups is 2. The fourth-order valence-corrected chi connectivity index (χ4v) is 2.70. The zero-order chi connectivity index (χ0) is 15.0. The molecule has 0 aromatic heterocycles. The normalized spacial score (nSPS) is 22.4. The Morgan fingerprint density at radius 1 is 1.30 bits per heavy atom. The molecule has 1 rings (SSSR count). The summed E-state index contributed by atoms with van der Waals surface area (Å²) in [5.74, 6) is 0.704. The summed E-state index contributed by atoms with van der Waals surface area (Å²) in [6.07, 6.45) is 3.28. The van der Waals surface area contributed by atoms with E-state index >= 15 is 0 Å². The summed E-state index contributed by atoms with van der Waals surface area (Å²) in [4.78, 5) is 25.5. The van der Waals surface area contributed by atoms with E-state index in [9.17, 15) is 9.59 Å². The molecule has 116 valence electrons. The van der Waals surface area contributed by atoms with Crippen LogP contribution in [0.2, 0.25) is 0 Å². The Bertz CT molecular complexity index is 316. The number of carbonyl (C=O) groups excluding carboxylic acids is 2. The molecule has 1 heterocycles. The summed E-state index contributed by atoms with van der Waals surface area (Å²) < 4.78 is 0. The highest BCUT2D eigenvalue weighted by atomic mass is 16.2. The van der Waals surface area contributed by atoms with Gasteiger partial charge in [-0.1, -0.05) is 6.92 Å². The van der Waals surface area contributed by atoms with E-state index in [1.54, 1.807) is 4.90 Å². The van der Waals surface area contributed by atoms with Gasteiger partial charge in [0.25, 0.3) is 0 Å². The van der Waals surface area contributed by atoms with Crippen molar-refractivity contribution < 1.29 is 9.59 Å². The summed E-state index contributed by atoms with van der Waals surface area (Å²) >= 11 is 0. The molecule has 0 radical (unpaired) electrons. The van der Waals surface area contributed by atoms with E-state index < -0.39 is 0 Å². The first kappa shape index (κ1) is 17.0. The highest BCUT2D eigenvalue weighted by Crippen LogP contribution is 2.17. The molecule has 1 aliphatic heterocycles. The molecule has 5 nitrogen and oxygen atoms in total. The van der Waals surface area contributed by atoms with E-state index in [4.69, 9.17) is 0 Å². The van der Waals surface area contributed by atoms with Gasteiger partial charge in [0, 0.05) is 38.5 Å². The largest absolute Gasteiger partial charge is 0.356 e. The van der Waals surface area contributed by atoms with Crippen LogP contribution < -0.4 is 10.6 Å². The molecule has 2 amide bonds. The first-order valence-corrected chi connectivity index (χ1v) is 7.86. The van der Waals surface area contributed by atoms with Gasteiger partial charge in [-0.15, -0.1) is 0 Å². The van der Waals surface area contributed by atoms with Gasteiger partial charge in [-0.3, -0.25) is 9.59 Å². The van der Waals surface area contributed by atoms with Crippen molar-refractivity contribution in [1.29, 1.82) is 0 Å². The van der Waals surface area contributed by atoms with Crippen molar-refractivity contribution in [2.75, 3.05) is 26.2 Å². The van der Waals surface area contributed by atoms with Crippen LogP contribution >= 0.6 is 0 Å². The second kappa shape index (κ2) is 8.95. The molecule has 1 aliphatic rings. The van der Waals surface area contributed by atoms with Gasteiger partial charge in [0.15, 0.2) is 0 Å². The quantitative estimate of drug-likeness (QED) is 0.736. The molecule has 0 bridgehead atoms. The number of amides is 2. The van der Waals surface area contributed by atoms with Crippen LogP contribution in [0.4, 0.5) is 0 Å². The minimum absolute atomic E-state index is 0.0450. The smallest absolute Gasteiger partial charge is 0.224 e. The third-order valence-corrected chi connectivity index (χ3v) is 4.11. The zero-order valence-electron chi connectivity index (χ0n) is 13.1. The molecular formula is C15H29N3O2. The predicted octanol–water partition coefficient (Wildman–Crippen LogP) is 1.14. The molecule has 0 spiro atoms. The van der Waals surface area contributed by atoms with Gasteiger partial charge in [-0.2, -0.15) is 0 Å². The maximum absolute atomic E-state index is 11.9. The lowest BCUT2D eigenvalue weighted by Crippen LogP contribution is -2.44. The third kappa shape index (κ3) is 5.49. The molecular weight excluding hydrogens is 254 g/mol. The Morgan fingerprint density at radius 3 is 2.60 bits per heavy atom. The van der Waals surface area contributed by atoms with Crippen molar-refractivity contribution in [3.05, 3.63) is 0 Å². The molecule has 5 heteroatoms. The van der Waals surface area contributed by atoms with E-state index in [1.807, 2.05) is 13.8 Å². The molecule has 0 aliphatic carbocycles. The van der Waals surface area contributed by atoms with Crippen molar-refractivity contribution >= 4 is 11.8 Å². The average molecular weight is 283 g/mol. The highest BCUT2D eigenvalue weighted by molar-refractivity contribution is 5.79. The van der Waals surface area contributed by atoms with Crippen LogP contribution in [0.3, 0.4) is 0 Å². The van der Waals surface area contributed by atoms with E-state index in [0.29, 0.717) is 25.3 Å². The summed E-state index contributed by atoms with van der Waals surface area (Å²) in [5.41, 5.74) is 0. The van der Waals surface area contributed by atoms with Gasteiger partial charge in [-0.05, 0) is 39.2 Å². The second-order valence-electron chi connectivity index (χ2n) is 5.55. The number of hydrogen-bond donors (Lipinski definition) is 2. The number of nitrogens with zero attached hydrogens (tertiary/aromatic N) is 1. The van der Waals surface area contributed by atoms with Crippen LogP contribution in [0, 0.1) is 5.92 Å². The number of piperidine rings is 1. The van der Waals surface area contributed by atoms with E-state index in [1.165, 1.54) is 12.8 Å². The summed E-state index contributed by atoms with van der Waals surface area (Å²) in [6.45, 7) is 9.03.